The third kappa shape index (κ3) is 2.50. The average Bonchev–Trinajstić information content (AvgIpc) is 2.63. The SMILES string of the molecule is Oc1ccccc1OCc1nc(Br)co1. The molecule has 0 atom stereocenters. The minimum Gasteiger partial charge on any atom is -0.504 e. The quantitative estimate of drug-likeness (QED) is 0.931. The summed E-state index contributed by atoms with van der Waals surface area (Å²) in [6.07, 6.45) is 1.48. The van der Waals surface area contributed by atoms with Crippen LogP contribution in [-0.2, 0) is 6.61 Å². The van der Waals surface area contributed by atoms with Gasteiger partial charge in [0.15, 0.2) is 18.1 Å². The van der Waals surface area contributed by atoms with Gasteiger partial charge in [-0.2, -0.15) is 0 Å². The number of hydrogen-bond acceptors (Lipinski definition) is 4. The Bertz CT molecular complexity index is 455. The predicted molar refractivity (Wildman–Crippen MR) is 56.6 cm³/mol. The van der Waals surface area contributed by atoms with Gasteiger partial charge in [-0.05, 0) is 28.1 Å². The van der Waals surface area contributed by atoms with Gasteiger partial charge in [-0.25, -0.2) is 4.98 Å². The number of benzene rings is 1. The molecule has 2 rings (SSSR count). The highest BCUT2D eigenvalue weighted by molar-refractivity contribution is 9.10. The number of nitrogens with zero attached hydrogens (tertiary/aromatic N) is 1. The van der Waals surface area contributed by atoms with Gasteiger partial charge >= 0.3 is 0 Å². The van der Waals surface area contributed by atoms with Gasteiger partial charge < -0.3 is 14.3 Å². The first-order valence-electron chi connectivity index (χ1n) is 4.26. The van der Waals surface area contributed by atoms with E-state index in [1.54, 1.807) is 24.3 Å². The van der Waals surface area contributed by atoms with E-state index in [4.69, 9.17) is 9.15 Å². The highest BCUT2D eigenvalue weighted by atomic mass is 79.9. The van der Waals surface area contributed by atoms with Crippen molar-refractivity contribution in [2.24, 2.45) is 0 Å². The maximum atomic E-state index is 9.41. The highest BCUT2D eigenvalue weighted by Gasteiger charge is 2.04. The summed E-state index contributed by atoms with van der Waals surface area (Å²) in [5.74, 6) is 0.958. The van der Waals surface area contributed by atoms with Crippen LogP contribution in [0.3, 0.4) is 0 Å². The van der Waals surface area contributed by atoms with Crippen LogP contribution < -0.4 is 4.74 Å². The molecule has 2 aromatic rings. The minimum absolute atomic E-state index is 0.100. The van der Waals surface area contributed by atoms with Crippen molar-refractivity contribution in [1.29, 1.82) is 0 Å². The van der Waals surface area contributed by atoms with Gasteiger partial charge in [0.25, 0.3) is 0 Å². The third-order valence-electron chi connectivity index (χ3n) is 1.74. The molecule has 0 radical (unpaired) electrons. The molecule has 1 N–H and O–H groups in total. The van der Waals surface area contributed by atoms with Gasteiger partial charge in [0.2, 0.25) is 5.89 Å². The molecule has 0 saturated carbocycles. The topological polar surface area (TPSA) is 55.5 Å². The monoisotopic (exact) mass is 269 g/mol. The van der Waals surface area contributed by atoms with Crippen LogP contribution in [0.1, 0.15) is 5.89 Å². The normalized spacial score (nSPS) is 10.2. The Hall–Kier alpha value is -1.49. The number of phenols is 1. The van der Waals surface area contributed by atoms with Gasteiger partial charge in [0, 0.05) is 0 Å². The first kappa shape index (κ1) is 10.0. The van der Waals surface area contributed by atoms with Crippen molar-refractivity contribution in [3.05, 3.63) is 41.0 Å². The summed E-state index contributed by atoms with van der Waals surface area (Å²) in [5, 5.41) is 9.41. The van der Waals surface area contributed by atoms with Gasteiger partial charge in [0.05, 0.1) is 0 Å². The largest absolute Gasteiger partial charge is 0.504 e. The molecule has 0 unspecified atom stereocenters. The number of aromatic hydroxyl groups is 1. The molecule has 0 saturated heterocycles. The molecule has 1 aromatic heterocycles. The molecule has 1 heterocycles. The van der Waals surface area contributed by atoms with E-state index < -0.39 is 0 Å². The number of phenolic OH excluding ortho intramolecular Hbond substituents is 1. The number of hydrogen-bond donors (Lipinski definition) is 1. The molecule has 0 aliphatic carbocycles. The standard InChI is InChI=1S/C10H8BrNO3/c11-9-5-15-10(12-9)6-14-8-4-2-1-3-7(8)13/h1-5,13H,6H2. The van der Waals surface area contributed by atoms with Crippen LogP contribution in [-0.4, -0.2) is 10.1 Å². The predicted octanol–water partition coefficient (Wildman–Crippen LogP) is 2.72. The number of ether oxygens (including phenoxy) is 1. The van der Waals surface area contributed by atoms with Crippen molar-refractivity contribution >= 4 is 15.9 Å². The molecule has 0 aliphatic rings. The zero-order chi connectivity index (χ0) is 10.7. The average molecular weight is 270 g/mol. The molecular formula is C10H8BrNO3. The van der Waals surface area contributed by atoms with Crippen LogP contribution in [0.4, 0.5) is 0 Å². The van der Waals surface area contributed by atoms with E-state index >= 15 is 0 Å². The molecule has 15 heavy (non-hydrogen) atoms. The van der Waals surface area contributed by atoms with E-state index in [9.17, 15) is 5.11 Å². The van der Waals surface area contributed by atoms with Crippen LogP contribution >= 0.6 is 15.9 Å². The first-order chi connectivity index (χ1) is 7.25. The number of halogens is 1. The molecule has 4 nitrogen and oxygen atoms in total. The Morgan fingerprint density at radius 1 is 1.40 bits per heavy atom. The Morgan fingerprint density at radius 3 is 2.87 bits per heavy atom. The fraction of sp³-hybridized carbons (Fsp3) is 0.100. The second-order valence-corrected chi connectivity index (χ2v) is 3.63. The summed E-state index contributed by atoms with van der Waals surface area (Å²) in [4.78, 5) is 4.00. The second kappa shape index (κ2) is 4.35. The van der Waals surface area contributed by atoms with E-state index in [2.05, 4.69) is 20.9 Å². The molecule has 0 amide bonds. The number of para-hydroxylation sites is 2. The van der Waals surface area contributed by atoms with E-state index in [0.29, 0.717) is 16.2 Å². The summed E-state index contributed by atoms with van der Waals surface area (Å²) in [6.45, 7) is 0.184. The highest BCUT2D eigenvalue weighted by Crippen LogP contribution is 2.25. The molecule has 0 spiro atoms. The summed E-state index contributed by atoms with van der Waals surface area (Å²) in [7, 11) is 0. The lowest BCUT2D eigenvalue weighted by molar-refractivity contribution is 0.252. The van der Waals surface area contributed by atoms with Crippen LogP contribution in [0.15, 0.2) is 39.5 Å². The lowest BCUT2D eigenvalue weighted by Gasteiger charge is -2.04. The maximum absolute atomic E-state index is 9.41. The van der Waals surface area contributed by atoms with Gasteiger partial charge in [-0.15, -0.1) is 0 Å². The lowest BCUT2D eigenvalue weighted by Crippen LogP contribution is -1.95. The minimum atomic E-state index is 0.100. The van der Waals surface area contributed by atoms with Gasteiger partial charge in [-0.1, -0.05) is 12.1 Å². The molecule has 0 bridgehead atoms. The van der Waals surface area contributed by atoms with Gasteiger partial charge in [0.1, 0.15) is 10.9 Å². The summed E-state index contributed by atoms with van der Waals surface area (Å²) >= 11 is 3.16. The molecule has 0 aliphatic heterocycles. The fourth-order valence-corrected chi connectivity index (χ4v) is 1.36. The van der Waals surface area contributed by atoms with Crippen LogP contribution in [0.25, 0.3) is 0 Å². The summed E-state index contributed by atoms with van der Waals surface area (Å²) in [5.41, 5.74) is 0. The van der Waals surface area contributed by atoms with E-state index in [0.717, 1.165) is 0 Å². The Morgan fingerprint density at radius 2 is 2.20 bits per heavy atom. The third-order valence-corrected chi connectivity index (χ3v) is 2.10. The van der Waals surface area contributed by atoms with Crippen molar-refractivity contribution in [3.63, 3.8) is 0 Å². The van der Waals surface area contributed by atoms with Crippen molar-refractivity contribution in [1.82, 2.24) is 4.98 Å². The van der Waals surface area contributed by atoms with Gasteiger partial charge in [-0.3, -0.25) is 0 Å². The van der Waals surface area contributed by atoms with Crippen molar-refractivity contribution in [2.75, 3.05) is 0 Å². The smallest absolute Gasteiger partial charge is 0.233 e. The summed E-state index contributed by atoms with van der Waals surface area (Å²) < 4.78 is 11.0. The molecule has 1 aromatic carbocycles. The number of oxazole rings is 1. The zero-order valence-electron chi connectivity index (χ0n) is 7.68. The maximum Gasteiger partial charge on any atom is 0.233 e. The fourth-order valence-electron chi connectivity index (χ4n) is 1.07. The second-order valence-electron chi connectivity index (χ2n) is 2.82. The first-order valence-corrected chi connectivity index (χ1v) is 5.06. The molecular weight excluding hydrogens is 262 g/mol. The Kier molecular flexibility index (Phi) is 2.91. The number of rotatable bonds is 3. The zero-order valence-corrected chi connectivity index (χ0v) is 9.27. The van der Waals surface area contributed by atoms with Crippen molar-refractivity contribution in [3.8, 4) is 11.5 Å². The Labute approximate surface area is 94.6 Å². The van der Waals surface area contributed by atoms with Crippen LogP contribution in [0.5, 0.6) is 11.5 Å². The van der Waals surface area contributed by atoms with Crippen LogP contribution in [0, 0.1) is 0 Å². The van der Waals surface area contributed by atoms with E-state index in [1.807, 2.05) is 0 Å². The van der Waals surface area contributed by atoms with Crippen molar-refractivity contribution < 1.29 is 14.3 Å². The molecule has 5 heteroatoms. The van der Waals surface area contributed by atoms with E-state index in [-0.39, 0.29) is 12.4 Å². The summed E-state index contributed by atoms with van der Waals surface area (Å²) in [6, 6.07) is 6.73. The molecule has 0 fully saturated rings. The molecule has 78 valence electrons. The van der Waals surface area contributed by atoms with Crippen molar-refractivity contribution in [2.45, 2.75) is 6.61 Å². The lowest BCUT2D eigenvalue weighted by atomic mass is 10.3. The van der Waals surface area contributed by atoms with Crippen LogP contribution in [0.2, 0.25) is 0 Å². The number of aromatic nitrogens is 1. The van der Waals surface area contributed by atoms with E-state index in [1.165, 1.54) is 6.26 Å². The Balaban J connectivity index is 2.02.